The van der Waals surface area contributed by atoms with Gasteiger partial charge in [0.2, 0.25) is 0 Å². The Morgan fingerprint density at radius 3 is 2.45 bits per heavy atom. The topological polar surface area (TPSA) is 88.0 Å². The van der Waals surface area contributed by atoms with Crippen molar-refractivity contribution in [3.05, 3.63) is 0 Å². The lowest BCUT2D eigenvalue weighted by Gasteiger charge is -2.19. The average Bonchev–Trinajstić information content (AvgIpc) is 2.34. The Labute approximate surface area is 121 Å². The van der Waals surface area contributed by atoms with E-state index < -0.39 is 12.0 Å². The molecule has 0 aromatic rings. The van der Waals surface area contributed by atoms with Crippen molar-refractivity contribution >= 4 is 5.97 Å². The monoisotopic (exact) mass is 291 g/mol. The first-order valence-corrected chi connectivity index (χ1v) is 7.17. The predicted octanol–water partition coefficient (Wildman–Crippen LogP) is 2.14. The molecule has 0 fully saturated rings. The summed E-state index contributed by atoms with van der Waals surface area (Å²) in [6.45, 7) is 7.85. The minimum atomic E-state index is -0.820. The zero-order chi connectivity index (χ0) is 15.4. The third-order valence-electron chi connectivity index (χ3n) is 2.92. The number of rotatable bonds is 12. The number of unbranched alkanes of at least 4 members (excludes halogenated alkanes) is 1. The van der Waals surface area contributed by atoms with E-state index in [9.17, 15) is 4.79 Å². The van der Waals surface area contributed by atoms with E-state index in [-0.39, 0.29) is 6.61 Å². The third kappa shape index (κ3) is 12.3. The van der Waals surface area contributed by atoms with Gasteiger partial charge in [-0.3, -0.25) is 10.1 Å². The molecule has 0 saturated carbocycles. The maximum Gasteiger partial charge on any atom is 0.320 e. The molecule has 0 aliphatic carbocycles. The van der Waals surface area contributed by atoms with E-state index in [1.165, 1.54) is 0 Å². The number of ether oxygens (including phenoxy) is 1. The molecule has 0 heterocycles. The van der Waals surface area contributed by atoms with Crippen LogP contribution in [-0.2, 0) is 14.4 Å². The van der Waals surface area contributed by atoms with Crippen LogP contribution in [0.25, 0.3) is 0 Å². The van der Waals surface area contributed by atoms with Crippen LogP contribution >= 0.6 is 0 Å². The van der Waals surface area contributed by atoms with E-state index in [2.05, 4.69) is 31.0 Å². The van der Waals surface area contributed by atoms with Gasteiger partial charge in [0, 0.05) is 6.54 Å². The number of hydrogen-bond acceptors (Lipinski definition) is 5. The summed E-state index contributed by atoms with van der Waals surface area (Å²) in [6.07, 6.45) is 3.68. The molecule has 0 aromatic carbocycles. The molecule has 0 aliphatic heterocycles. The van der Waals surface area contributed by atoms with Gasteiger partial charge in [0.05, 0.1) is 13.2 Å². The smallest absolute Gasteiger partial charge is 0.320 e. The van der Waals surface area contributed by atoms with Gasteiger partial charge in [-0.05, 0) is 18.3 Å². The normalized spacial score (nSPS) is 13.4. The highest BCUT2D eigenvalue weighted by Gasteiger charge is 2.16. The van der Waals surface area contributed by atoms with Crippen molar-refractivity contribution in [2.24, 2.45) is 5.41 Å². The number of carbonyl (C=O) groups is 1. The van der Waals surface area contributed by atoms with Gasteiger partial charge in [0.15, 0.2) is 0 Å². The summed E-state index contributed by atoms with van der Waals surface area (Å²) < 4.78 is 5.13. The van der Waals surface area contributed by atoms with Crippen LogP contribution in [0.1, 0.15) is 46.5 Å². The largest absolute Gasteiger partial charge is 0.480 e. The highest BCUT2D eigenvalue weighted by Crippen LogP contribution is 2.22. The van der Waals surface area contributed by atoms with Crippen LogP contribution in [0.5, 0.6) is 0 Å². The summed E-state index contributed by atoms with van der Waals surface area (Å²) in [6, 6.07) is -0.521. The first-order chi connectivity index (χ1) is 9.37. The second-order valence-corrected chi connectivity index (χ2v) is 6.10. The first kappa shape index (κ1) is 19.3. The molecule has 1 unspecified atom stereocenters. The van der Waals surface area contributed by atoms with Gasteiger partial charge in [0.1, 0.15) is 12.6 Å². The van der Waals surface area contributed by atoms with Crippen LogP contribution in [0.2, 0.25) is 0 Å². The highest BCUT2D eigenvalue weighted by atomic mass is 17.1. The van der Waals surface area contributed by atoms with E-state index >= 15 is 0 Å². The van der Waals surface area contributed by atoms with Gasteiger partial charge in [-0.2, -0.15) is 0 Å². The Hall–Kier alpha value is -0.690. The summed E-state index contributed by atoms with van der Waals surface area (Å²) in [4.78, 5) is 15.0. The number of hydrogen-bond donors (Lipinski definition) is 3. The minimum Gasteiger partial charge on any atom is -0.480 e. The summed E-state index contributed by atoms with van der Waals surface area (Å²) in [5, 5.41) is 20.2. The Balaban J connectivity index is 3.69. The SMILES string of the molecule is CC(C)(C)CCCCC(NCCOCCOO)C(=O)O. The maximum atomic E-state index is 11.1. The fourth-order valence-electron chi connectivity index (χ4n) is 1.82. The van der Waals surface area contributed by atoms with Crippen molar-refractivity contribution in [3.8, 4) is 0 Å². The summed E-state index contributed by atoms with van der Waals surface area (Å²) >= 11 is 0. The zero-order valence-corrected chi connectivity index (χ0v) is 12.9. The molecular weight excluding hydrogens is 262 g/mol. The lowest BCUT2D eigenvalue weighted by atomic mass is 9.89. The zero-order valence-electron chi connectivity index (χ0n) is 12.9. The second-order valence-electron chi connectivity index (χ2n) is 6.10. The molecular formula is C14H29NO5. The van der Waals surface area contributed by atoms with Crippen molar-refractivity contribution < 1.29 is 24.8 Å². The van der Waals surface area contributed by atoms with Gasteiger partial charge in [-0.25, -0.2) is 4.89 Å². The molecule has 120 valence electrons. The fourth-order valence-corrected chi connectivity index (χ4v) is 1.82. The number of carboxylic acids is 1. The number of nitrogens with one attached hydrogen (secondary N) is 1. The minimum absolute atomic E-state index is 0.120. The molecule has 0 rings (SSSR count). The number of carboxylic acid groups (broad SMARTS) is 1. The Morgan fingerprint density at radius 1 is 1.20 bits per heavy atom. The standard InChI is InChI=1S/C14H29NO5/c1-14(2,3)7-5-4-6-12(13(16)17)15-8-9-19-10-11-20-18/h12,15,18H,4-11H2,1-3H3,(H,16,17). The van der Waals surface area contributed by atoms with Gasteiger partial charge < -0.3 is 15.2 Å². The van der Waals surface area contributed by atoms with Gasteiger partial charge >= 0.3 is 5.97 Å². The summed E-state index contributed by atoms with van der Waals surface area (Å²) in [5.41, 5.74) is 0.300. The highest BCUT2D eigenvalue weighted by molar-refractivity contribution is 5.73. The molecule has 1 atom stereocenters. The van der Waals surface area contributed by atoms with Crippen LogP contribution in [0, 0.1) is 5.41 Å². The predicted molar refractivity (Wildman–Crippen MR) is 76.7 cm³/mol. The van der Waals surface area contributed by atoms with Crippen LogP contribution < -0.4 is 5.32 Å². The van der Waals surface area contributed by atoms with Crippen LogP contribution in [0.4, 0.5) is 0 Å². The van der Waals surface area contributed by atoms with E-state index in [0.29, 0.717) is 31.6 Å². The van der Waals surface area contributed by atoms with E-state index in [0.717, 1.165) is 19.3 Å². The lowest BCUT2D eigenvalue weighted by Crippen LogP contribution is -2.38. The quantitative estimate of drug-likeness (QED) is 0.290. The lowest BCUT2D eigenvalue weighted by molar-refractivity contribution is -0.249. The fraction of sp³-hybridized carbons (Fsp3) is 0.929. The molecule has 0 bridgehead atoms. The molecule has 0 radical (unpaired) electrons. The average molecular weight is 291 g/mol. The Morgan fingerprint density at radius 2 is 1.90 bits per heavy atom. The third-order valence-corrected chi connectivity index (χ3v) is 2.92. The number of aliphatic carboxylic acids is 1. The molecule has 20 heavy (non-hydrogen) atoms. The molecule has 3 N–H and O–H groups in total. The van der Waals surface area contributed by atoms with Gasteiger partial charge in [-0.1, -0.05) is 33.6 Å². The van der Waals surface area contributed by atoms with Crippen LogP contribution in [0.15, 0.2) is 0 Å². The van der Waals surface area contributed by atoms with Gasteiger partial charge in [0.25, 0.3) is 0 Å². The van der Waals surface area contributed by atoms with Crippen molar-refractivity contribution in [1.82, 2.24) is 5.32 Å². The van der Waals surface area contributed by atoms with Crippen molar-refractivity contribution in [2.45, 2.75) is 52.5 Å². The van der Waals surface area contributed by atoms with Gasteiger partial charge in [-0.15, -0.1) is 0 Å². The molecule has 0 aliphatic rings. The molecule has 0 spiro atoms. The Kier molecular flexibility index (Phi) is 10.6. The van der Waals surface area contributed by atoms with E-state index in [4.69, 9.17) is 15.1 Å². The van der Waals surface area contributed by atoms with Crippen molar-refractivity contribution in [1.29, 1.82) is 0 Å². The molecule has 6 heteroatoms. The molecule has 0 amide bonds. The molecule has 0 saturated heterocycles. The van der Waals surface area contributed by atoms with Crippen LogP contribution in [0.3, 0.4) is 0 Å². The van der Waals surface area contributed by atoms with E-state index in [1.807, 2.05) is 0 Å². The van der Waals surface area contributed by atoms with Crippen LogP contribution in [-0.4, -0.2) is 48.7 Å². The second kappa shape index (κ2) is 11.0. The summed E-state index contributed by atoms with van der Waals surface area (Å²) in [7, 11) is 0. The maximum absolute atomic E-state index is 11.1. The Bertz CT molecular complexity index is 252. The molecule has 0 aromatic heterocycles. The van der Waals surface area contributed by atoms with Crippen molar-refractivity contribution in [3.63, 3.8) is 0 Å². The van der Waals surface area contributed by atoms with E-state index in [1.54, 1.807) is 0 Å². The first-order valence-electron chi connectivity index (χ1n) is 7.17. The molecule has 6 nitrogen and oxygen atoms in total. The van der Waals surface area contributed by atoms with Crippen molar-refractivity contribution in [2.75, 3.05) is 26.4 Å². The summed E-state index contributed by atoms with van der Waals surface area (Å²) in [5.74, 6) is -0.820.